The number of nitrogens with two attached hydrogens (primary N) is 1. The van der Waals surface area contributed by atoms with Crippen molar-refractivity contribution in [3.63, 3.8) is 0 Å². The highest BCUT2D eigenvalue weighted by Crippen LogP contribution is 2.24. The third-order valence-corrected chi connectivity index (χ3v) is 3.29. The number of hydrogen-bond acceptors (Lipinski definition) is 4. The monoisotopic (exact) mass is 244 g/mol. The lowest BCUT2D eigenvalue weighted by molar-refractivity contribution is -0.124. The number of hydrogen-bond donors (Lipinski definition) is 3. The summed E-state index contributed by atoms with van der Waals surface area (Å²) in [6, 6.07) is -0.503. The fraction of sp³-hybridized carbons (Fsp3) is 0.917. The second-order valence-corrected chi connectivity index (χ2v) is 5.32. The highest BCUT2D eigenvalue weighted by atomic mass is 16.5. The predicted octanol–water partition coefficient (Wildman–Crippen LogP) is 0.0159. The van der Waals surface area contributed by atoms with Gasteiger partial charge in [0.15, 0.2) is 0 Å². The van der Waals surface area contributed by atoms with E-state index in [-0.39, 0.29) is 18.6 Å². The molecule has 1 amide bonds. The molecule has 4 N–H and O–H groups in total. The van der Waals surface area contributed by atoms with Gasteiger partial charge in [-0.25, -0.2) is 0 Å². The molecule has 0 saturated carbocycles. The van der Waals surface area contributed by atoms with Crippen molar-refractivity contribution in [1.82, 2.24) is 5.32 Å². The van der Waals surface area contributed by atoms with Crippen molar-refractivity contribution >= 4 is 5.91 Å². The van der Waals surface area contributed by atoms with E-state index in [0.29, 0.717) is 25.4 Å². The first-order valence-electron chi connectivity index (χ1n) is 6.22. The van der Waals surface area contributed by atoms with E-state index in [4.69, 9.17) is 10.5 Å². The largest absolute Gasteiger partial charge is 0.385 e. The molecule has 5 heteroatoms. The van der Waals surface area contributed by atoms with E-state index in [1.807, 2.05) is 20.8 Å². The minimum absolute atomic E-state index is 0.203. The van der Waals surface area contributed by atoms with E-state index < -0.39 is 11.6 Å². The Kier molecular flexibility index (Phi) is 4.91. The molecule has 1 heterocycles. The summed E-state index contributed by atoms with van der Waals surface area (Å²) in [5.41, 5.74) is 4.80. The van der Waals surface area contributed by atoms with E-state index in [1.54, 1.807) is 0 Å². The van der Waals surface area contributed by atoms with Gasteiger partial charge in [0.1, 0.15) is 5.60 Å². The van der Waals surface area contributed by atoms with Crippen LogP contribution in [0.5, 0.6) is 0 Å². The SMILES string of the molecule is CC(C)CC(N)C(=O)NCC1(O)CCOC1C. The number of ether oxygens (including phenoxy) is 1. The van der Waals surface area contributed by atoms with Crippen LogP contribution in [0, 0.1) is 5.92 Å². The van der Waals surface area contributed by atoms with Gasteiger partial charge in [-0.05, 0) is 19.3 Å². The van der Waals surface area contributed by atoms with Gasteiger partial charge in [0.05, 0.1) is 12.1 Å². The number of amides is 1. The predicted molar refractivity (Wildman–Crippen MR) is 65.4 cm³/mol. The molecule has 0 aromatic rings. The van der Waals surface area contributed by atoms with Crippen LogP contribution in [-0.4, -0.2) is 41.9 Å². The van der Waals surface area contributed by atoms with Crippen LogP contribution < -0.4 is 11.1 Å². The summed E-state index contributed by atoms with van der Waals surface area (Å²) in [6.07, 6.45) is 0.952. The number of carbonyl (C=O) groups excluding carboxylic acids is 1. The molecule has 3 atom stereocenters. The minimum Gasteiger partial charge on any atom is -0.385 e. The zero-order valence-electron chi connectivity index (χ0n) is 10.9. The van der Waals surface area contributed by atoms with Crippen molar-refractivity contribution in [3.05, 3.63) is 0 Å². The molecule has 0 aliphatic carbocycles. The molecule has 0 radical (unpaired) electrons. The van der Waals surface area contributed by atoms with Crippen molar-refractivity contribution in [2.24, 2.45) is 11.7 Å². The average molecular weight is 244 g/mol. The first-order valence-corrected chi connectivity index (χ1v) is 6.22. The Morgan fingerprint density at radius 1 is 1.65 bits per heavy atom. The van der Waals surface area contributed by atoms with Crippen LogP contribution in [0.2, 0.25) is 0 Å². The zero-order chi connectivity index (χ0) is 13.1. The van der Waals surface area contributed by atoms with Crippen LogP contribution in [0.3, 0.4) is 0 Å². The molecule has 17 heavy (non-hydrogen) atoms. The fourth-order valence-corrected chi connectivity index (χ4v) is 1.99. The molecule has 5 nitrogen and oxygen atoms in total. The zero-order valence-corrected chi connectivity index (χ0v) is 10.9. The quantitative estimate of drug-likeness (QED) is 0.636. The van der Waals surface area contributed by atoms with Gasteiger partial charge < -0.3 is 20.9 Å². The van der Waals surface area contributed by atoms with E-state index in [1.165, 1.54) is 0 Å². The van der Waals surface area contributed by atoms with Gasteiger partial charge in [-0.3, -0.25) is 4.79 Å². The summed E-state index contributed by atoms with van der Waals surface area (Å²) in [4.78, 5) is 11.7. The summed E-state index contributed by atoms with van der Waals surface area (Å²) in [5, 5.41) is 12.9. The Labute approximate surface area is 103 Å². The highest BCUT2D eigenvalue weighted by molar-refractivity contribution is 5.81. The van der Waals surface area contributed by atoms with E-state index in [0.717, 1.165) is 0 Å². The topological polar surface area (TPSA) is 84.6 Å². The van der Waals surface area contributed by atoms with Crippen molar-refractivity contribution in [2.45, 2.75) is 51.4 Å². The number of aliphatic hydroxyl groups is 1. The van der Waals surface area contributed by atoms with Crippen molar-refractivity contribution < 1.29 is 14.6 Å². The molecular weight excluding hydrogens is 220 g/mol. The smallest absolute Gasteiger partial charge is 0.237 e. The lowest BCUT2D eigenvalue weighted by atomic mass is 9.96. The van der Waals surface area contributed by atoms with Gasteiger partial charge in [-0.2, -0.15) is 0 Å². The second-order valence-electron chi connectivity index (χ2n) is 5.32. The maximum atomic E-state index is 11.7. The highest BCUT2D eigenvalue weighted by Gasteiger charge is 2.39. The maximum absolute atomic E-state index is 11.7. The van der Waals surface area contributed by atoms with Crippen LogP contribution in [0.1, 0.15) is 33.6 Å². The van der Waals surface area contributed by atoms with Gasteiger partial charge in [-0.15, -0.1) is 0 Å². The molecular formula is C12H24N2O3. The third kappa shape index (κ3) is 3.94. The Hall–Kier alpha value is -0.650. The molecule has 0 aromatic carbocycles. The van der Waals surface area contributed by atoms with Crippen LogP contribution >= 0.6 is 0 Å². The molecule has 0 bridgehead atoms. The van der Waals surface area contributed by atoms with Crippen LogP contribution in [0.25, 0.3) is 0 Å². The normalized spacial score (nSPS) is 30.6. The summed E-state index contributed by atoms with van der Waals surface area (Å²) in [7, 11) is 0. The summed E-state index contributed by atoms with van der Waals surface area (Å²) in [5.74, 6) is 0.179. The molecule has 1 rings (SSSR count). The summed E-state index contributed by atoms with van der Waals surface area (Å²) in [6.45, 7) is 6.60. The third-order valence-electron chi connectivity index (χ3n) is 3.29. The standard InChI is InChI=1S/C12H24N2O3/c1-8(2)6-10(13)11(15)14-7-12(16)4-5-17-9(12)3/h8-10,16H,4-7,13H2,1-3H3,(H,14,15). The van der Waals surface area contributed by atoms with E-state index in [2.05, 4.69) is 5.32 Å². The Morgan fingerprint density at radius 3 is 2.76 bits per heavy atom. The lowest BCUT2D eigenvalue weighted by Gasteiger charge is -2.27. The molecule has 1 fully saturated rings. The molecule has 0 aromatic heterocycles. The Bertz CT molecular complexity index is 270. The van der Waals surface area contributed by atoms with Crippen molar-refractivity contribution in [1.29, 1.82) is 0 Å². The van der Waals surface area contributed by atoms with Gasteiger partial charge in [0, 0.05) is 19.6 Å². The Balaban J connectivity index is 2.37. The maximum Gasteiger partial charge on any atom is 0.237 e. The van der Waals surface area contributed by atoms with Gasteiger partial charge in [0.2, 0.25) is 5.91 Å². The molecule has 100 valence electrons. The van der Waals surface area contributed by atoms with Crippen molar-refractivity contribution in [3.8, 4) is 0 Å². The summed E-state index contributed by atoms with van der Waals surface area (Å²) < 4.78 is 5.29. The van der Waals surface area contributed by atoms with Crippen LogP contribution in [-0.2, 0) is 9.53 Å². The van der Waals surface area contributed by atoms with Gasteiger partial charge in [0.25, 0.3) is 0 Å². The molecule has 0 spiro atoms. The molecule has 1 aliphatic rings. The lowest BCUT2D eigenvalue weighted by Crippen LogP contribution is -2.51. The number of rotatable bonds is 5. The van der Waals surface area contributed by atoms with E-state index in [9.17, 15) is 9.90 Å². The average Bonchev–Trinajstić information content (AvgIpc) is 2.55. The molecule has 3 unspecified atom stereocenters. The first kappa shape index (κ1) is 14.4. The van der Waals surface area contributed by atoms with E-state index >= 15 is 0 Å². The minimum atomic E-state index is -0.951. The van der Waals surface area contributed by atoms with Gasteiger partial charge >= 0.3 is 0 Å². The van der Waals surface area contributed by atoms with Crippen LogP contribution in [0.4, 0.5) is 0 Å². The Morgan fingerprint density at radius 2 is 2.29 bits per heavy atom. The number of nitrogens with one attached hydrogen (secondary N) is 1. The van der Waals surface area contributed by atoms with Crippen molar-refractivity contribution in [2.75, 3.05) is 13.2 Å². The second kappa shape index (κ2) is 5.80. The van der Waals surface area contributed by atoms with Crippen LogP contribution in [0.15, 0.2) is 0 Å². The number of carbonyl (C=O) groups is 1. The molecule has 1 aliphatic heterocycles. The van der Waals surface area contributed by atoms with Gasteiger partial charge in [-0.1, -0.05) is 13.8 Å². The molecule has 1 saturated heterocycles. The summed E-state index contributed by atoms with van der Waals surface area (Å²) >= 11 is 0. The first-order chi connectivity index (χ1) is 7.85. The fourth-order valence-electron chi connectivity index (χ4n) is 1.99.